The van der Waals surface area contributed by atoms with Gasteiger partial charge in [0.25, 0.3) is 10.0 Å². The highest BCUT2D eigenvalue weighted by atomic mass is 32.2. The molecule has 3 heterocycles. The fraction of sp³-hybridized carbons (Fsp3) is 0.643. The largest absolute Gasteiger partial charge is 0.337 e. The van der Waals surface area contributed by atoms with Gasteiger partial charge in [-0.25, -0.2) is 8.42 Å². The molecule has 0 bridgehead atoms. The molecule has 2 fully saturated rings. The van der Waals surface area contributed by atoms with Crippen molar-refractivity contribution in [1.29, 1.82) is 0 Å². The standard InChI is InChI=1S/C14H21N3O3S2/c1-15(2)7-8-16-11-5-6-17(12(11)10-13(16)18)22(19,20)14-4-3-9-21-14/h3-4,9,11-12H,5-8,10H2,1-2H3/t11-,12+/m1/s1. The van der Waals surface area contributed by atoms with E-state index in [4.69, 9.17) is 0 Å². The van der Waals surface area contributed by atoms with Crippen molar-refractivity contribution in [2.45, 2.75) is 29.1 Å². The van der Waals surface area contributed by atoms with Crippen LogP contribution in [0.4, 0.5) is 0 Å². The van der Waals surface area contributed by atoms with Crippen LogP contribution in [0.25, 0.3) is 0 Å². The average molecular weight is 343 g/mol. The first-order valence-corrected chi connectivity index (χ1v) is 9.73. The molecule has 1 aromatic rings. The molecule has 2 aliphatic heterocycles. The number of hydrogen-bond donors (Lipinski definition) is 0. The molecule has 0 aromatic carbocycles. The summed E-state index contributed by atoms with van der Waals surface area (Å²) in [5, 5.41) is 1.77. The highest BCUT2D eigenvalue weighted by Crippen LogP contribution is 2.36. The second kappa shape index (κ2) is 5.92. The zero-order valence-electron chi connectivity index (χ0n) is 12.8. The number of fused-ring (bicyclic) bond motifs is 1. The van der Waals surface area contributed by atoms with E-state index in [1.54, 1.807) is 17.5 Å². The average Bonchev–Trinajstić information content (AvgIpc) is 3.12. The molecule has 0 aliphatic carbocycles. The van der Waals surface area contributed by atoms with Crippen LogP contribution in [0.15, 0.2) is 21.7 Å². The van der Waals surface area contributed by atoms with Crippen molar-refractivity contribution in [3.8, 4) is 0 Å². The minimum Gasteiger partial charge on any atom is -0.337 e. The third-order valence-corrected chi connectivity index (χ3v) is 7.71. The molecule has 0 saturated carbocycles. The summed E-state index contributed by atoms with van der Waals surface area (Å²) < 4.78 is 27.3. The topological polar surface area (TPSA) is 60.9 Å². The molecule has 2 saturated heterocycles. The van der Waals surface area contributed by atoms with Gasteiger partial charge < -0.3 is 9.80 Å². The fourth-order valence-electron chi connectivity index (χ4n) is 3.31. The molecule has 122 valence electrons. The molecule has 8 heteroatoms. The highest BCUT2D eigenvalue weighted by Gasteiger charge is 2.50. The van der Waals surface area contributed by atoms with E-state index in [2.05, 4.69) is 0 Å². The van der Waals surface area contributed by atoms with Crippen LogP contribution in [0.1, 0.15) is 12.8 Å². The van der Waals surface area contributed by atoms with Crippen molar-refractivity contribution in [1.82, 2.24) is 14.1 Å². The first-order chi connectivity index (χ1) is 10.4. The summed E-state index contributed by atoms with van der Waals surface area (Å²) in [5.74, 6) is 0.0722. The minimum atomic E-state index is -3.47. The first-order valence-electron chi connectivity index (χ1n) is 7.41. The predicted octanol–water partition coefficient (Wildman–Crippen LogP) is 0.674. The van der Waals surface area contributed by atoms with Gasteiger partial charge in [-0.3, -0.25) is 4.79 Å². The normalized spacial score (nSPS) is 26.1. The van der Waals surface area contributed by atoms with Gasteiger partial charge in [0.2, 0.25) is 5.91 Å². The van der Waals surface area contributed by atoms with Gasteiger partial charge in [0.05, 0.1) is 12.1 Å². The Kier molecular flexibility index (Phi) is 4.28. The Morgan fingerprint density at radius 3 is 2.77 bits per heavy atom. The highest BCUT2D eigenvalue weighted by molar-refractivity contribution is 7.91. The number of carbonyl (C=O) groups excluding carboxylic acids is 1. The van der Waals surface area contributed by atoms with Gasteiger partial charge in [0.1, 0.15) is 4.21 Å². The van der Waals surface area contributed by atoms with E-state index in [1.165, 1.54) is 15.6 Å². The van der Waals surface area contributed by atoms with Gasteiger partial charge in [-0.15, -0.1) is 11.3 Å². The van der Waals surface area contributed by atoms with E-state index in [1.807, 2.05) is 23.9 Å². The van der Waals surface area contributed by atoms with E-state index >= 15 is 0 Å². The molecule has 0 N–H and O–H groups in total. The number of hydrogen-bond acceptors (Lipinski definition) is 5. The summed E-state index contributed by atoms with van der Waals surface area (Å²) in [5.41, 5.74) is 0. The number of thiophene rings is 1. The first kappa shape index (κ1) is 15.9. The fourth-order valence-corrected chi connectivity index (χ4v) is 6.10. The molecule has 0 radical (unpaired) electrons. The monoisotopic (exact) mass is 343 g/mol. The zero-order chi connectivity index (χ0) is 15.9. The molecule has 0 spiro atoms. The molecule has 2 atom stereocenters. The maximum absolute atomic E-state index is 12.7. The number of likely N-dealkylation sites (tertiary alicyclic amines) is 1. The second-order valence-electron chi connectivity index (χ2n) is 6.07. The number of carbonyl (C=O) groups is 1. The van der Waals surface area contributed by atoms with Crippen molar-refractivity contribution in [2.75, 3.05) is 33.7 Å². The molecule has 6 nitrogen and oxygen atoms in total. The number of likely N-dealkylation sites (N-methyl/N-ethyl adjacent to an activating group) is 1. The Morgan fingerprint density at radius 1 is 1.36 bits per heavy atom. The van der Waals surface area contributed by atoms with Crippen molar-refractivity contribution in [3.05, 3.63) is 17.5 Å². The summed E-state index contributed by atoms with van der Waals surface area (Å²) in [6, 6.07) is 3.20. The van der Waals surface area contributed by atoms with Crippen LogP contribution < -0.4 is 0 Å². The van der Waals surface area contributed by atoms with E-state index in [-0.39, 0.29) is 18.0 Å². The third kappa shape index (κ3) is 2.68. The van der Waals surface area contributed by atoms with Crippen LogP contribution in [0, 0.1) is 0 Å². The van der Waals surface area contributed by atoms with Crippen molar-refractivity contribution in [3.63, 3.8) is 0 Å². The van der Waals surface area contributed by atoms with Crippen LogP contribution in [0.3, 0.4) is 0 Å². The molecule has 2 aliphatic rings. The van der Waals surface area contributed by atoms with Gasteiger partial charge in [0, 0.05) is 26.1 Å². The summed E-state index contributed by atoms with van der Waals surface area (Å²) >= 11 is 1.23. The Morgan fingerprint density at radius 2 is 2.14 bits per heavy atom. The second-order valence-corrected chi connectivity index (χ2v) is 9.13. The third-order valence-electron chi connectivity index (χ3n) is 4.41. The maximum atomic E-state index is 12.7. The Labute approximate surface area is 135 Å². The molecule has 0 unspecified atom stereocenters. The minimum absolute atomic E-state index is 0.0298. The lowest BCUT2D eigenvalue weighted by Gasteiger charge is -2.26. The van der Waals surface area contributed by atoms with Crippen LogP contribution >= 0.6 is 11.3 Å². The maximum Gasteiger partial charge on any atom is 0.252 e. The van der Waals surface area contributed by atoms with Gasteiger partial charge in [0.15, 0.2) is 0 Å². The molecular formula is C14H21N3O3S2. The summed E-state index contributed by atoms with van der Waals surface area (Å²) in [6.45, 7) is 1.97. The summed E-state index contributed by atoms with van der Waals surface area (Å²) in [4.78, 5) is 16.2. The van der Waals surface area contributed by atoms with Gasteiger partial charge in [-0.2, -0.15) is 4.31 Å². The number of nitrogens with zero attached hydrogens (tertiary/aromatic N) is 3. The number of rotatable bonds is 5. The Bertz CT molecular complexity index is 642. The van der Waals surface area contributed by atoms with Crippen LogP contribution in [-0.4, -0.2) is 74.2 Å². The Hall–Kier alpha value is -0.960. The van der Waals surface area contributed by atoms with Gasteiger partial charge >= 0.3 is 0 Å². The van der Waals surface area contributed by atoms with E-state index < -0.39 is 10.0 Å². The van der Waals surface area contributed by atoms with Crippen LogP contribution in [0.2, 0.25) is 0 Å². The van der Waals surface area contributed by atoms with E-state index in [0.717, 1.165) is 13.0 Å². The lowest BCUT2D eigenvalue weighted by Crippen LogP contribution is -2.41. The lowest BCUT2D eigenvalue weighted by atomic mass is 10.1. The number of sulfonamides is 1. The number of amides is 1. The Balaban J connectivity index is 1.78. The van der Waals surface area contributed by atoms with Crippen molar-refractivity contribution < 1.29 is 13.2 Å². The summed E-state index contributed by atoms with van der Waals surface area (Å²) in [7, 11) is 0.480. The molecule has 3 rings (SSSR count). The van der Waals surface area contributed by atoms with E-state index in [0.29, 0.717) is 23.7 Å². The molecular weight excluding hydrogens is 322 g/mol. The molecule has 1 amide bonds. The zero-order valence-corrected chi connectivity index (χ0v) is 14.4. The van der Waals surface area contributed by atoms with Crippen LogP contribution in [-0.2, 0) is 14.8 Å². The quantitative estimate of drug-likeness (QED) is 0.789. The van der Waals surface area contributed by atoms with E-state index in [9.17, 15) is 13.2 Å². The SMILES string of the molecule is CN(C)CCN1C(=O)C[C@H]2[C@H]1CCN2S(=O)(=O)c1cccs1. The van der Waals surface area contributed by atoms with Gasteiger partial charge in [-0.05, 0) is 32.0 Å². The summed E-state index contributed by atoms with van der Waals surface area (Å²) in [6.07, 6.45) is 1.04. The smallest absolute Gasteiger partial charge is 0.252 e. The molecule has 22 heavy (non-hydrogen) atoms. The van der Waals surface area contributed by atoms with Crippen LogP contribution in [0.5, 0.6) is 0 Å². The van der Waals surface area contributed by atoms with Crippen molar-refractivity contribution >= 4 is 27.3 Å². The van der Waals surface area contributed by atoms with Gasteiger partial charge in [-0.1, -0.05) is 6.07 Å². The lowest BCUT2D eigenvalue weighted by molar-refractivity contribution is -0.129. The molecule has 1 aromatic heterocycles. The van der Waals surface area contributed by atoms with Crippen molar-refractivity contribution in [2.24, 2.45) is 0 Å². The predicted molar refractivity (Wildman–Crippen MR) is 85.3 cm³/mol.